The molecule has 0 radical (unpaired) electrons. The van der Waals surface area contributed by atoms with E-state index in [1.165, 1.54) is 0 Å². The molecule has 1 heterocycles. The van der Waals surface area contributed by atoms with Crippen molar-refractivity contribution >= 4 is 17.3 Å². The molecule has 4 N–H and O–H groups in total. The van der Waals surface area contributed by atoms with Gasteiger partial charge < -0.3 is 21.1 Å². The quantitative estimate of drug-likeness (QED) is 0.719. The second kappa shape index (κ2) is 5.93. The maximum absolute atomic E-state index is 11.8. The Morgan fingerprint density at radius 1 is 1.53 bits per heavy atom. The minimum Gasteiger partial charge on any atom is -0.399 e. The Balaban J connectivity index is 2.17. The fraction of sp³-hybridized carbons (Fsp3) is 0.500. The van der Waals surface area contributed by atoms with Crippen molar-refractivity contribution in [3.8, 4) is 0 Å². The molecular weight excluding hydrogens is 242 g/mol. The Hall–Kier alpha value is -1.75. The highest BCUT2D eigenvalue weighted by Crippen LogP contribution is 2.24. The lowest BCUT2D eigenvalue weighted by Crippen LogP contribution is -2.28. The zero-order valence-electron chi connectivity index (χ0n) is 11.4. The summed E-state index contributed by atoms with van der Waals surface area (Å²) in [6.07, 6.45) is 1.05. The number of anilines is 2. The highest BCUT2D eigenvalue weighted by Gasteiger charge is 2.23. The summed E-state index contributed by atoms with van der Waals surface area (Å²) in [6, 6.07) is 5.53. The minimum atomic E-state index is -0.114. The Morgan fingerprint density at radius 3 is 2.95 bits per heavy atom. The summed E-state index contributed by atoms with van der Waals surface area (Å²) in [5.41, 5.74) is 7.84. The lowest BCUT2D eigenvalue weighted by atomic mass is 9.99. The first kappa shape index (κ1) is 13.7. The van der Waals surface area contributed by atoms with Crippen LogP contribution in [0.1, 0.15) is 23.7 Å². The van der Waals surface area contributed by atoms with Crippen molar-refractivity contribution in [1.29, 1.82) is 0 Å². The minimum absolute atomic E-state index is 0.114. The summed E-state index contributed by atoms with van der Waals surface area (Å²) in [7, 11) is 1.62. The molecule has 5 heteroatoms. The number of nitrogens with two attached hydrogens (primary N) is 1. The van der Waals surface area contributed by atoms with Gasteiger partial charge in [-0.25, -0.2) is 0 Å². The van der Waals surface area contributed by atoms with E-state index in [9.17, 15) is 4.79 Å². The number of hydrogen-bond donors (Lipinski definition) is 3. The van der Waals surface area contributed by atoms with Gasteiger partial charge in [-0.1, -0.05) is 0 Å². The van der Waals surface area contributed by atoms with Crippen LogP contribution in [-0.2, 0) is 4.74 Å². The van der Waals surface area contributed by atoms with Crippen LogP contribution in [0, 0.1) is 5.92 Å². The van der Waals surface area contributed by atoms with Crippen LogP contribution in [0.5, 0.6) is 0 Å². The molecule has 1 aliphatic heterocycles. The molecule has 2 unspecified atom stereocenters. The first-order valence-corrected chi connectivity index (χ1v) is 6.57. The van der Waals surface area contributed by atoms with Crippen LogP contribution in [0.25, 0.3) is 0 Å². The molecule has 1 amide bonds. The number of nitrogen functional groups attached to an aromatic ring is 1. The second-order valence-electron chi connectivity index (χ2n) is 4.94. The molecule has 0 saturated carbocycles. The lowest BCUT2D eigenvalue weighted by molar-refractivity contribution is 0.0964. The maximum Gasteiger partial charge on any atom is 0.253 e. The van der Waals surface area contributed by atoms with E-state index in [-0.39, 0.29) is 11.9 Å². The largest absolute Gasteiger partial charge is 0.399 e. The highest BCUT2D eigenvalue weighted by atomic mass is 16.5. The monoisotopic (exact) mass is 263 g/mol. The molecule has 104 valence electrons. The van der Waals surface area contributed by atoms with Gasteiger partial charge in [0.05, 0.1) is 12.2 Å². The third-order valence-corrected chi connectivity index (χ3v) is 3.57. The van der Waals surface area contributed by atoms with Crippen LogP contribution in [0.2, 0.25) is 0 Å². The number of rotatable bonds is 4. The molecule has 1 aromatic rings. The predicted octanol–water partition coefficient (Wildman–Crippen LogP) is 1.47. The topological polar surface area (TPSA) is 76.4 Å². The summed E-state index contributed by atoms with van der Waals surface area (Å²) in [4.78, 5) is 11.8. The standard InChI is InChI=1S/C14H21N3O2/c1-9(10-5-6-19-8-10)17-13-7-11(15)3-4-12(13)14(18)16-2/h3-4,7,9-10,17H,5-6,8,15H2,1-2H3,(H,16,18). The number of ether oxygens (including phenoxy) is 1. The summed E-state index contributed by atoms with van der Waals surface area (Å²) in [6.45, 7) is 3.69. The van der Waals surface area contributed by atoms with E-state index >= 15 is 0 Å². The van der Waals surface area contributed by atoms with Crippen molar-refractivity contribution in [2.45, 2.75) is 19.4 Å². The van der Waals surface area contributed by atoms with Gasteiger partial charge in [0.2, 0.25) is 0 Å². The van der Waals surface area contributed by atoms with Crippen molar-refractivity contribution in [3.05, 3.63) is 23.8 Å². The van der Waals surface area contributed by atoms with E-state index in [0.717, 1.165) is 25.3 Å². The molecule has 1 fully saturated rings. The average Bonchev–Trinajstić information content (AvgIpc) is 2.92. The Bertz CT molecular complexity index is 456. The third kappa shape index (κ3) is 3.17. The smallest absolute Gasteiger partial charge is 0.253 e. The van der Waals surface area contributed by atoms with Crippen LogP contribution in [0.4, 0.5) is 11.4 Å². The Kier molecular flexibility index (Phi) is 4.27. The first-order chi connectivity index (χ1) is 9.11. The van der Waals surface area contributed by atoms with Crippen LogP contribution in [0.3, 0.4) is 0 Å². The molecule has 1 saturated heterocycles. The molecule has 0 aromatic heterocycles. The molecule has 0 bridgehead atoms. The van der Waals surface area contributed by atoms with E-state index < -0.39 is 0 Å². The molecule has 0 spiro atoms. The summed E-state index contributed by atoms with van der Waals surface area (Å²) in [5.74, 6) is 0.358. The predicted molar refractivity (Wildman–Crippen MR) is 76.3 cm³/mol. The van der Waals surface area contributed by atoms with E-state index in [1.54, 1.807) is 25.2 Å². The average molecular weight is 263 g/mol. The van der Waals surface area contributed by atoms with E-state index in [0.29, 0.717) is 17.2 Å². The fourth-order valence-corrected chi connectivity index (χ4v) is 2.32. The molecule has 0 aliphatic carbocycles. The molecule has 1 aromatic carbocycles. The van der Waals surface area contributed by atoms with Crippen molar-refractivity contribution in [2.24, 2.45) is 5.92 Å². The molecular formula is C14H21N3O2. The first-order valence-electron chi connectivity index (χ1n) is 6.57. The zero-order valence-corrected chi connectivity index (χ0v) is 11.4. The van der Waals surface area contributed by atoms with Crippen molar-refractivity contribution < 1.29 is 9.53 Å². The highest BCUT2D eigenvalue weighted by molar-refractivity contribution is 6.00. The summed E-state index contributed by atoms with van der Waals surface area (Å²) >= 11 is 0. The van der Waals surface area contributed by atoms with Gasteiger partial charge in [-0.2, -0.15) is 0 Å². The van der Waals surface area contributed by atoms with Crippen molar-refractivity contribution in [3.63, 3.8) is 0 Å². The SMILES string of the molecule is CNC(=O)c1ccc(N)cc1NC(C)C1CCOC1. The molecule has 5 nitrogen and oxygen atoms in total. The van der Waals surface area contributed by atoms with E-state index in [1.807, 2.05) is 0 Å². The number of benzene rings is 1. The molecule has 1 aliphatic rings. The van der Waals surface area contributed by atoms with Gasteiger partial charge in [0.25, 0.3) is 5.91 Å². The molecule has 19 heavy (non-hydrogen) atoms. The van der Waals surface area contributed by atoms with Gasteiger partial charge in [-0.3, -0.25) is 4.79 Å². The third-order valence-electron chi connectivity index (χ3n) is 3.57. The van der Waals surface area contributed by atoms with Crippen molar-refractivity contribution in [2.75, 3.05) is 31.3 Å². The van der Waals surface area contributed by atoms with Gasteiger partial charge in [-0.05, 0) is 31.5 Å². The molecule has 2 atom stereocenters. The van der Waals surface area contributed by atoms with Gasteiger partial charge in [0.1, 0.15) is 0 Å². The second-order valence-corrected chi connectivity index (χ2v) is 4.94. The number of carbonyl (C=O) groups is 1. The summed E-state index contributed by atoms with van der Waals surface area (Å²) < 4.78 is 5.39. The van der Waals surface area contributed by atoms with Gasteiger partial charge in [0.15, 0.2) is 0 Å². The van der Waals surface area contributed by atoms with Gasteiger partial charge in [0, 0.05) is 37.0 Å². The van der Waals surface area contributed by atoms with Crippen LogP contribution in [0.15, 0.2) is 18.2 Å². The fourth-order valence-electron chi connectivity index (χ4n) is 2.32. The van der Waals surface area contributed by atoms with Crippen molar-refractivity contribution in [1.82, 2.24) is 5.32 Å². The molecule has 2 rings (SSSR count). The Morgan fingerprint density at radius 2 is 2.32 bits per heavy atom. The zero-order chi connectivity index (χ0) is 13.8. The van der Waals surface area contributed by atoms with E-state index in [4.69, 9.17) is 10.5 Å². The van der Waals surface area contributed by atoms with E-state index in [2.05, 4.69) is 17.6 Å². The Labute approximate surface area is 113 Å². The van der Waals surface area contributed by atoms with Crippen LogP contribution < -0.4 is 16.4 Å². The van der Waals surface area contributed by atoms with Crippen LogP contribution in [-0.4, -0.2) is 32.2 Å². The number of hydrogen-bond acceptors (Lipinski definition) is 4. The van der Waals surface area contributed by atoms with Crippen LogP contribution >= 0.6 is 0 Å². The maximum atomic E-state index is 11.8. The normalized spacial score (nSPS) is 20.0. The van der Waals surface area contributed by atoms with Gasteiger partial charge in [-0.15, -0.1) is 0 Å². The summed E-state index contributed by atoms with van der Waals surface area (Å²) in [5, 5.41) is 6.03. The number of carbonyl (C=O) groups excluding carboxylic acids is 1. The number of amides is 1. The number of nitrogens with one attached hydrogen (secondary N) is 2. The van der Waals surface area contributed by atoms with Gasteiger partial charge >= 0.3 is 0 Å². The lowest BCUT2D eigenvalue weighted by Gasteiger charge is -2.22.